The summed E-state index contributed by atoms with van der Waals surface area (Å²) >= 11 is 0. The van der Waals surface area contributed by atoms with Gasteiger partial charge < -0.3 is 28.4 Å². The minimum absolute atomic E-state index is 0.0160. The van der Waals surface area contributed by atoms with Crippen LogP contribution in [0, 0.1) is 47.4 Å². The van der Waals surface area contributed by atoms with E-state index in [0.29, 0.717) is 11.5 Å². The van der Waals surface area contributed by atoms with E-state index in [1.54, 1.807) is 24.3 Å². The molecule has 0 unspecified atom stereocenters. The molecular formula is C28H20O8. The Morgan fingerprint density at radius 2 is 0.972 bits per heavy atom. The van der Waals surface area contributed by atoms with Gasteiger partial charge in [0.15, 0.2) is 0 Å². The van der Waals surface area contributed by atoms with Crippen LogP contribution in [0.25, 0.3) is 0 Å². The Morgan fingerprint density at radius 1 is 0.611 bits per heavy atom. The number of methoxy groups -OCH3 is 2. The quantitative estimate of drug-likeness (QED) is 0.475. The van der Waals surface area contributed by atoms with Crippen molar-refractivity contribution in [3.05, 3.63) is 47.5 Å². The lowest BCUT2D eigenvalue weighted by Gasteiger charge is -2.10. The molecule has 2 aromatic carbocycles. The molecule has 0 radical (unpaired) electrons. The Kier molecular flexibility index (Phi) is 9.55. The lowest BCUT2D eigenvalue weighted by atomic mass is 10.2. The summed E-state index contributed by atoms with van der Waals surface area (Å²) in [4.78, 5) is 24.3. The lowest BCUT2D eigenvalue weighted by Crippen LogP contribution is -2.07. The van der Waals surface area contributed by atoms with Gasteiger partial charge in [0.1, 0.15) is 60.6 Å². The molecule has 4 heterocycles. The van der Waals surface area contributed by atoms with Gasteiger partial charge in [-0.05, 0) is 83.8 Å². The van der Waals surface area contributed by atoms with Crippen molar-refractivity contribution in [2.75, 3.05) is 40.6 Å². The third-order valence-corrected chi connectivity index (χ3v) is 4.41. The van der Waals surface area contributed by atoms with Gasteiger partial charge in [-0.25, -0.2) is 9.59 Å². The summed E-state index contributed by atoms with van der Waals surface area (Å²) < 4.78 is 31.9. The number of carbonyl (C=O) groups excluding carboxylic acids is 2. The van der Waals surface area contributed by atoms with Crippen molar-refractivity contribution >= 4 is 11.9 Å². The summed E-state index contributed by atoms with van der Waals surface area (Å²) in [5.41, 5.74) is 0.366. The standard InChI is InChI=1S/C28H20O8/c1-31-27(29)23-19-21-11-13-25(23)35-17-9-5-6-10-18-36-26-14-12-22(20-24(26)28(30)32-2)34-16-8-4-3-7-15-33-21/h11-14,19-20H,15-18H2,1-2H3. The summed E-state index contributed by atoms with van der Waals surface area (Å²) in [5, 5.41) is 0. The second kappa shape index (κ2) is 13.5. The highest BCUT2D eigenvalue weighted by Crippen LogP contribution is 2.26. The molecule has 0 saturated heterocycles. The van der Waals surface area contributed by atoms with Gasteiger partial charge in [0, 0.05) is 0 Å². The number of ether oxygens (including phenoxy) is 6. The molecule has 0 spiro atoms. The summed E-state index contributed by atoms with van der Waals surface area (Å²) in [6.45, 7) is 0.0601. The molecule has 0 aliphatic carbocycles. The van der Waals surface area contributed by atoms with E-state index in [1.165, 1.54) is 26.4 Å². The molecule has 4 aliphatic rings. The first-order valence-electron chi connectivity index (χ1n) is 10.5. The maximum Gasteiger partial charge on any atom is 0.341 e. The molecule has 6 rings (SSSR count). The molecule has 0 amide bonds. The SMILES string of the molecule is COC(=O)c1cc2ccc1OCC#CC#CCOc1ccc(cc1C(=O)OC)OCC#CC#CCO2. The van der Waals surface area contributed by atoms with Crippen molar-refractivity contribution in [3.8, 4) is 70.4 Å². The average Bonchev–Trinajstić information content (AvgIpc) is 2.91. The van der Waals surface area contributed by atoms with Crippen LogP contribution in [-0.4, -0.2) is 52.6 Å². The predicted octanol–water partition coefficient (Wildman–Crippen LogP) is 2.50. The lowest BCUT2D eigenvalue weighted by molar-refractivity contribution is 0.0587. The van der Waals surface area contributed by atoms with Crippen LogP contribution in [0.15, 0.2) is 36.4 Å². The molecule has 0 atom stereocenters. The highest BCUT2D eigenvalue weighted by molar-refractivity contribution is 5.93. The maximum absolute atomic E-state index is 12.1. The number of rotatable bonds is 2. The van der Waals surface area contributed by atoms with Gasteiger partial charge >= 0.3 is 11.9 Å². The fraction of sp³-hybridized carbons (Fsp3) is 0.214. The molecule has 4 aliphatic heterocycles. The third-order valence-electron chi connectivity index (χ3n) is 4.41. The van der Waals surface area contributed by atoms with Crippen LogP contribution in [0.1, 0.15) is 20.7 Å². The van der Waals surface area contributed by atoms with Gasteiger partial charge in [0.2, 0.25) is 0 Å². The van der Waals surface area contributed by atoms with E-state index in [9.17, 15) is 9.59 Å². The summed E-state index contributed by atoms with van der Waals surface area (Å²) in [6.07, 6.45) is 0. The Balaban J connectivity index is 1.83. The van der Waals surface area contributed by atoms with Gasteiger partial charge in [0.05, 0.1) is 14.2 Å². The summed E-state index contributed by atoms with van der Waals surface area (Å²) in [7, 11) is 2.54. The first-order valence-corrected chi connectivity index (χ1v) is 10.5. The minimum Gasteiger partial charge on any atom is -0.481 e. The van der Waals surface area contributed by atoms with Crippen molar-refractivity contribution in [2.24, 2.45) is 0 Å². The maximum atomic E-state index is 12.1. The van der Waals surface area contributed by atoms with Crippen LogP contribution in [0.5, 0.6) is 23.0 Å². The molecular weight excluding hydrogens is 464 g/mol. The average molecular weight is 484 g/mol. The van der Waals surface area contributed by atoms with E-state index < -0.39 is 11.9 Å². The second-order valence-electron chi connectivity index (χ2n) is 6.66. The Labute approximate surface area is 208 Å². The zero-order valence-corrected chi connectivity index (χ0v) is 19.6. The molecule has 180 valence electrons. The minimum atomic E-state index is -0.585. The fourth-order valence-corrected chi connectivity index (χ4v) is 2.78. The topological polar surface area (TPSA) is 89.5 Å². The first kappa shape index (κ1) is 25.4. The monoisotopic (exact) mass is 484 g/mol. The van der Waals surface area contributed by atoms with Crippen molar-refractivity contribution in [3.63, 3.8) is 0 Å². The van der Waals surface area contributed by atoms with Gasteiger partial charge in [-0.1, -0.05) is 0 Å². The zero-order valence-electron chi connectivity index (χ0n) is 19.6. The normalized spacial score (nSPS) is 12.3. The van der Waals surface area contributed by atoms with E-state index in [0.717, 1.165) is 0 Å². The molecule has 4 bridgehead atoms. The fourth-order valence-electron chi connectivity index (χ4n) is 2.78. The summed E-state index contributed by atoms with van der Waals surface area (Å²) in [5.74, 6) is 21.8. The van der Waals surface area contributed by atoms with E-state index in [-0.39, 0.29) is 49.1 Å². The molecule has 8 nitrogen and oxygen atoms in total. The predicted molar refractivity (Wildman–Crippen MR) is 129 cm³/mol. The van der Waals surface area contributed by atoms with Crippen molar-refractivity contribution < 1.29 is 38.0 Å². The van der Waals surface area contributed by atoms with Crippen molar-refractivity contribution in [2.45, 2.75) is 0 Å². The highest BCUT2D eigenvalue weighted by Gasteiger charge is 2.15. The van der Waals surface area contributed by atoms with E-state index >= 15 is 0 Å². The van der Waals surface area contributed by atoms with Gasteiger partial charge in [-0.3, -0.25) is 0 Å². The largest absolute Gasteiger partial charge is 0.481 e. The van der Waals surface area contributed by atoms with Crippen LogP contribution in [-0.2, 0) is 9.47 Å². The van der Waals surface area contributed by atoms with E-state index in [4.69, 9.17) is 28.4 Å². The molecule has 8 heteroatoms. The van der Waals surface area contributed by atoms with Crippen LogP contribution in [0.2, 0.25) is 0 Å². The molecule has 0 aromatic heterocycles. The first-order chi connectivity index (χ1) is 17.6. The molecule has 2 aromatic rings. The smallest absolute Gasteiger partial charge is 0.341 e. The van der Waals surface area contributed by atoms with Crippen molar-refractivity contribution in [1.29, 1.82) is 0 Å². The Hall–Kier alpha value is -5.18. The number of esters is 2. The van der Waals surface area contributed by atoms with Gasteiger partial charge in [-0.15, -0.1) is 0 Å². The van der Waals surface area contributed by atoms with Gasteiger partial charge in [0.25, 0.3) is 0 Å². The van der Waals surface area contributed by atoms with Crippen LogP contribution in [0.4, 0.5) is 0 Å². The molecule has 0 N–H and O–H groups in total. The number of hydrogen-bond acceptors (Lipinski definition) is 8. The van der Waals surface area contributed by atoms with E-state index in [2.05, 4.69) is 47.4 Å². The Bertz CT molecular complexity index is 1270. The summed E-state index contributed by atoms with van der Waals surface area (Å²) in [6, 6.07) is 9.43. The van der Waals surface area contributed by atoms with Crippen LogP contribution < -0.4 is 18.9 Å². The number of hydrogen-bond donors (Lipinski definition) is 0. The third kappa shape index (κ3) is 7.42. The van der Waals surface area contributed by atoms with Crippen LogP contribution >= 0.6 is 0 Å². The van der Waals surface area contributed by atoms with Gasteiger partial charge in [-0.2, -0.15) is 0 Å². The van der Waals surface area contributed by atoms with Crippen molar-refractivity contribution in [1.82, 2.24) is 0 Å². The molecule has 0 fully saturated rings. The Morgan fingerprint density at radius 3 is 1.33 bits per heavy atom. The second-order valence-corrected chi connectivity index (χ2v) is 6.66. The number of carbonyl (C=O) groups is 2. The van der Waals surface area contributed by atoms with Crippen LogP contribution in [0.3, 0.4) is 0 Å². The number of benzene rings is 2. The molecule has 36 heavy (non-hydrogen) atoms. The van der Waals surface area contributed by atoms with E-state index in [1.807, 2.05) is 0 Å². The zero-order chi connectivity index (χ0) is 25.6. The highest BCUT2D eigenvalue weighted by atomic mass is 16.5. The molecule has 0 saturated carbocycles.